The average Bonchev–Trinajstić information content (AvgIpc) is 2.33. The molecule has 0 amide bonds. The quantitative estimate of drug-likeness (QED) is 0.588. The molecule has 6 heteroatoms. The fraction of sp³-hybridized carbons (Fsp3) is 0.0769. The number of sulfonamides is 1. The first-order valence-electron chi connectivity index (χ1n) is 5.59. The van der Waals surface area contributed by atoms with Crippen molar-refractivity contribution >= 4 is 21.4 Å². The van der Waals surface area contributed by atoms with Crippen molar-refractivity contribution < 1.29 is 13.5 Å². The lowest BCUT2D eigenvalue weighted by molar-refractivity contribution is 0.475. The molecular formula is C13H14N2O3S. The van der Waals surface area contributed by atoms with Crippen molar-refractivity contribution in [2.45, 2.75) is 5.75 Å². The summed E-state index contributed by atoms with van der Waals surface area (Å²) in [5.41, 5.74) is 6.76. The molecule has 2 rings (SSSR count). The maximum absolute atomic E-state index is 12.0. The van der Waals surface area contributed by atoms with Crippen molar-refractivity contribution in [1.29, 1.82) is 0 Å². The van der Waals surface area contributed by atoms with Crippen LogP contribution in [0.2, 0.25) is 0 Å². The minimum atomic E-state index is -3.53. The normalized spacial score (nSPS) is 11.2. The minimum Gasteiger partial charge on any atom is -0.508 e. The highest BCUT2D eigenvalue weighted by Crippen LogP contribution is 2.24. The van der Waals surface area contributed by atoms with E-state index in [4.69, 9.17) is 5.73 Å². The maximum Gasteiger partial charge on any atom is 0.236 e. The number of aromatic hydroxyl groups is 1. The number of phenols is 1. The molecule has 2 aromatic rings. The summed E-state index contributed by atoms with van der Waals surface area (Å²) >= 11 is 0. The van der Waals surface area contributed by atoms with Crippen LogP contribution in [0.25, 0.3) is 0 Å². The summed E-state index contributed by atoms with van der Waals surface area (Å²) < 4.78 is 26.4. The summed E-state index contributed by atoms with van der Waals surface area (Å²) in [6, 6.07) is 12.9. The molecule has 5 nitrogen and oxygen atoms in total. The molecule has 0 heterocycles. The van der Waals surface area contributed by atoms with Gasteiger partial charge < -0.3 is 10.8 Å². The van der Waals surface area contributed by atoms with Crippen molar-refractivity contribution in [3.05, 3.63) is 54.1 Å². The largest absolute Gasteiger partial charge is 0.508 e. The lowest BCUT2D eigenvalue weighted by atomic mass is 10.2. The minimum absolute atomic E-state index is 0.0106. The Morgan fingerprint density at radius 3 is 2.42 bits per heavy atom. The summed E-state index contributed by atoms with van der Waals surface area (Å²) in [6.45, 7) is 0. The van der Waals surface area contributed by atoms with Gasteiger partial charge in [0.15, 0.2) is 0 Å². The predicted octanol–water partition coefficient (Wildman–Crippen LogP) is 1.92. The van der Waals surface area contributed by atoms with Crippen LogP contribution in [0.1, 0.15) is 5.56 Å². The second-order valence-corrected chi connectivity index (χ2v) is 5.84. The Morgan fingerprint density at radius 2 is 1.79 bits per heavy atom. The number of hydrogen-bond acceptors (Lipinski definition) is 4. The third-order valence-electron chi connectivity index (χ3n) is 2.50. The topological polar surface area (TPSA) is 92.4 Å². The van der Waals surface area contributed by atoms with Gasteiger partial charge >= 0.3 is 0 Å². The van der Waals surface area contributed by atoms with Crippen molar-refractivity contribution in [2.75, 3.05) is 10.5 Å². The number of phenolic OH excluding ortho intramolecular Hbond substituents is 1. The summed E-state index contributed by atoms with van der Waals surface area (Å²) in [6.07, 6.45) is 0. The highest BCUT2D eigenvalue weighted by molar-refractivity contribution is 7.91. The van der Waals surface area contributed by atoms with Crippen LogP contribution in [0.3, 0.4) is 0 Å². The van der Waals surface area contributed by atoms with Gasteiger partial charge in [0.05, 0.1) is 17.1 Å². The molecule has 0 fully saturated rings. The molecule has 19 heavy (non-hydrogen) atoms. The molecule has 0 unspecified atom stereocenters. The number of anilines is 2. The number of rotatable bonds is 4. The third kappa shape index (κ3) is 3.62. The average molecular weight is 278 g/mol. The number of nitrogens with two attached hydrogens (primary N) is 1. The third-order valence-corrected chi connectivity index (χ3v) is 3.74. The summed E-state index contributed by atoms with van der Waals surface area (Å²) in [5.74, 6) is -0.141. The molecular weight excluding hydrogens is 264 g/mol. The second kappa shape index (κ2) is 5.19. The van der Waals surface area contributed by atoms with E-state index < -0.39 is 10.0 Å². The van der Waals surface area contributed by atoms with Crippen LogP contribution in [0.15, 0.2) is 48.5 Å². The summed E-state index contributed by atoms with van der Waals surface area (Å²) in [4.78, 5) is 0. The van der Waals surface area contributed by atoms with Crippen molar-refractivity contribution in [1.82, 2.24) is 0 Å². The standard InChI is InChI=1S/C13H14N2O3S/c14-12-8-11(16)6-7-13(12)15-19(17,18)9-10-4-2-1-3-5-10/h1-8,15-16H,9,14H2. The fourth-order valence-electron chi connectivity index (χ4n) is 1.64. The highest BCUT2D eigenvalue weighted by Gasteiger charge is 2.13. The molecule has 0 atom stereocenters. The molecule has 2 aromatic carbocycles. The van der Waals surface area contributed by atoms with Crippen LogP contribution in [-0.4, -0.2) is 13.5 Å². The van der Waals surface area contributed by atoms with Crippen LogP contribution in [0, 0.1) is 0 Å². The van der Waals surface area contributed by atoms with Gasteiger partial charge in [-0.3, -0.25) is 4.72 Å². The summed E-state index contributed by atoms with van der Waals surface area (Å²) in [7, 11) is -3.53. The Balaban J connectivity index is 2.17. The van der Waals surface area contributed by atoms with Crippen LogP contribution < -0.4 is 10.5 Å². The fourth-order valence-corrected chi connectivity index (χ4v) is 2.86. The van der Waals surface area contributed by atoms with Gasteiger partial charge in [0.25, 0.3) is 0 Å². The van der Waals surface area contributed by atoms with E-state index in [2.05, 4.69) is 4.72 Å². The van der Waals surface area contributed by atoms with Crippen molar-refractivity contribution in [2.24, 2.45) is 0 Å². The zero-order chi connectivity index (χ0) is 13.9. The predicted molar refractivity (Wildman–Crippen MR) is 75.2 cm³/mol. The molecule has 0 saturated heterocycles. The molecule has 0 spiro atoms. The van der Waals surface area contributed by atoms with E-state index in [0.29, 0.717) is 5.56 Å². The lowest BCUT2D eigenvalue weighted by Crippen LogP contribution is -2.16. The molecule has 4 N–H and O–H groups in total. The number of benzene rings is 2. The molecule has 0 aliphatic rings. The van der Waals surface area contributed by atoms with Crippen LogP contribution in [0.4, 0.5) is 11.4 Å². The second-order valence-electron chi connectivity index (χ2n) is 4.12. The maximum atomic E-state index is 12.0. The Bertz CT molecular complexity index is 670. The van der Waals surface area contributed by atoms with Crippen LogP contribution >= 0.6 is 0 Å². The van der Waals surface area contributed by atoms with E-state index in [1.165, 1.54) is 18.2 Å². The Hall–Kier alpha value is -2.21. The highest BCUT2D eigenvalue weighted by atomic mass is 32.2. The van der Waals surface area contributed by atoms with Gasteiger partial charge in [0.2, 0.25) is 10.0 Å². The van der Waals surface area contributed by atoms with Gasteiger partial charge in [-0.2, -0.15) is 0 Å². The van der Waals surface area contributed by atoms with E-state index in [1.807, 2.05) is 6.07 Å². The van der Waals surface area contributed by atoms with Gasteiger partial charge in [-0.15, -0.1) is 0 Å². The molecule has 0 aliphatic carbocycles. The Morgan fingerprint density at radius 1 is 1.11 bits per heavy atom. The lowest BCUT2D eigenvalue weighted by Gasteiger charge is -2.10. The number of nitrogens with one attached hydrogen (secondary N) is 1. The molecule has 0 radical (unpaired) electrons. The SMILES string of the molecule is Nc1cc(O)ccc1NS(=O)(=O)Cc1ccccc1. The first-order valence-corrected chi connectivity index (χ1v) is 7.24. The molecule has 0 bridgehead atoms. The van der Waals surface area contributed by atoms with Crippen LogP contribution in [-0.2, 0) is 15.8 Å². The zero-order valence-electron chi connectivity index (χ0n) is 10.1. The van der Waals surface area contributed by atoms with E-state index >= 15 is 0 Å². The molecule has 0 aromatic heterocycles. The van der Waals surface area contributed by atoms with Crippen LogP contribution in [0.5, 0.6) is 5.75 Å². The summed E-state index contributed by atoms with van der Waals surface area (Å²) in [5, 5.41) is 9.21. The van der Waals surface area contributed by atoms with E-state index in [1.54, 1.807) is 24.3 Å². The smallest absolute Gasteiger partial charge is 0.236 e. The van der Waals surface area contributed by atoms with Crippen molar-refractivity contribution in [3.63, 3.8) is 0 Å². The van der Waals surface area contributed by atoms with E-state index in [9.17, 15) is 13.5 Å². The van der Waals surface area contributed by atoms with E-state index in [-0.39, 0.29) is 22.9 Å². The first-order chi connectivity index (χ1) is 8.96. The Labute approximate surface area is 111 Å². The van der Waals surface area contributed by atoms with Crippen molar-refractivity contribution in [3.8, 4) is 5.75 Å². The van der Waals surface area contributed by atoms with E-state index in [0.717, 1.165) is 0 Å². The van der Waals surface area contributed by atoms with Gasteiger partial charge in [0, 0.05) is 6.07 Å². The molecule has 100 valence electrons. The number of nitrogen functional groups attached to an aromatic ring is 1. The molecule has 0 saturated carbocycles. The van der Waals surface area contributed by atoms with Gasteiger partial charge in [-0.1, -0.05) is 30.3 Å². The van der Waals surface area contributed by atoms with Gasteiger partial charge in [0.1, 0.15) is 5.75 Å². The van der Waals surface area contributed by atoms with Gasteiger partial charge in [-0.05, 0) is 17.7 Å². The zero-order valence-corrected chi connectivity index (χ0v) is 10.9. The molecule has 0 aliphatic heterocycles. The number of hydrogen-bond donors (Lipinski definition) is 3. The van der Waals surface area contributed by atoms with Gasteiger partial charge in [-0.25, -0.2) is 8.42 Å². The monoisotopic (exact) mass is 278 g/mol. The first kappa shape index (κ1) is 13.2. The Kier molecular flexibility index (Phi) is 3.62.